The van der Waals surface area contributed by atoms with Crippen LogP contribution in [-0.2, 0) is 9.53 Å². The molecule has 0 spiro atoms. The lowest BCUT2D eigenvalue weighted by Crippen LogP contribution is -2.35. The monoisotopic (exact) mass is 276 g/mol. The molecule has 3 N–H and O–H groups in total. The van der Waals surface area contributed by atoms with Crippen molar-refractivity contribution >= 4 is 5.91 Å². The Morgan fingerprint density at radius 3 is 2.85 bits per heavy atom. The van der Waals surface area contributed by atoms with Gasteiger partial charge in [0.15, 0.2) is 0 Å². The fraction of sp³-hybridized carbons (Fsp3) is 0.562. The molecule has 1 aliphatic heterocycles. The van der Waals surface area contributed by atoms with Gasteiger partial charge in [-0.25, -0.2) is 0 Å². The van der Waals surface area contributed by atoms with Crippen LogP contribution in [-0.4, -0.2) is 25.2 Å². The maximum Gasteiger partial charge on any atom is 0.220 e. The normalized spacial score (nSPS) is 20.4. The van der Waals surface area contributed by atoms with Crippen LogP contribution >= 0.6 is 0 Å². The number of amides is 1. The summed E-state index contributed by atoms with van der Waals surface area (Å²) in [5.41, 5.74) is 7.16. The first-order chi connectivity index (χ1) is 9.75. The Morgan fingerprint density at radius 2 is 2.15 bits per heavy atom. The van der Waals surface area contributed by atoms with E-state index in [2.05, 4.69) is 5.32 Å². The van der Waals surface area contributed by atoms with Crippen molar-refractivity contribution in [2.45, 2.75) is 44.2 Å². The Balaban J connectivity index is 1.64. The lowest BCUT2D eigenvalue weighted by molar-refractivity contribution is -0.122. The topological polar surface area (TPSA) is 64.4 Å². The van der Waals surface area contributed by atoms with Gasteiger partial charge >= 0.3 is 0 Å². The molecule has 4 heteroatoms. The van der Waals surface area contributed by atoms with Gasteiger partial charge in [-0.05, 0) is 31.2 Å². The number of hydrogen-bond acceptors (Lipinski definition) is 3. The van der Waals surface area contributed by atoms with Crippen molar-refractivity contribution in [3.63, 3.8) is 0 Å². The van der Waals surface area contributed by atoms with Crippen LogP contribution in [0, 0.1) is 0 Å². The highest BCUT2D eigenvalue weighted by molar-refractivity contribution is 5.75. The molecule has 1 fully saturated rings. The van der Waals surface area contributed by atoms with Crippen molar-refractivity contribution in [1.82, 2.24) is 5.32 Å². The van der Waals surface area contributed by atoms with Crippen molar-refractivity contribution in [3.05, 3.63) is 35.9 Å². The highest BCUT2D eigenvalue weighted by Crippen LogP contribution is 2.15. The fourth-order valence-corrected chi connectivity index (χ4v) is 2.44. The second-order valence-electron chi connectivity index (χ2n) is 5.35. The Hall–Kier alpha value is -1.39. The van der Waals surface area contributed by atoms with E-state index in [1.165, 1.54) is 6.42 Å². The summed E-state index contributed by atoms with van der Waals surface area (Å²) in [6.45, 7) is 1.44. The largest absolute Gasteiger partial charge is 0.376 e. The summed E-state index contributed by atoms with van der Waals surface area (Å²) in [7, 11) is 0. The average Bonchev–Trinajstić information content (AvgIpc) is 2.52. The van der Waals surface area contributed by atoms with Crippen LogP contribution in [0.1, 0.15) is 43.7 Å². The molecule has 20 heavy (non-hydrogen) atoms. The van der Waals surface area contributed by atoms with Gasteiger partial charge in [0.25, 0.3) is 0 Å². The maximum atomic E-state index is 11.8. The molecule has 2 atom stereocenters. The summed E-state index contributed by atoms with van der Waals surface area (Å²) in [5, 5.41) is 2.94. The summed E-state index contributed by atoms with van der Waals surface area (Å²) < 4.78 is 5.58. The number of hydrogen-bond donors (Lipinski definition) is 2. The smallest absolute Gasteiger partial charge is 0.220 e. The first-order valence-corrected chi connectivity index (χ1v) is 7.44. The molecule has 1 amide bonds. The van der Waals surface area contributed by atoms with Crippen LogP contribution in [0.4, 0.5) is 0 Å². The molecule has 1 saturated heterocycles. The number of nitrogens with two attached hydrogens (primary N) is 1. The first-order valence-electron chi connectivity index (χ1n) is 7.44. The Morgan fingerprint density at radius 1 is 1.35 bits per heavy atom. The number of nitrogens with one attached hydrogen (secondary N) is 1. The van der Waals surface area contributed by atoms with Gasteiger partial charge in [0.2, 0.25) is 5.91 Å². The summed E-state index contributed by atoms with van der Waals surface area (Å²) in [6, 6.07) is 9.82. The first kappa shape index (κ1) is 15.0. The second kappa shape index (κ2) is 8.02. The Labute approximate surface area is 120 Å². The Kier molecular flexibility index (Phi) is 6.02. The molecule has 1 heterocycles. The third-order valence-corrected chi connectivity index (χ3v) is 3.71. The van der Waals surface area contributed by atoms with Crippen molar-refractivity contribution in [1.29, 1.82) is 0 Å². The molecule has 110 valence electrons. The van der Waals surface area contributed by atoms with Crippen molar-refractivity contribution in [3.8, 4) is 0 Å². The van der Waals surface area contributed by atoms with Crippen LogP contribution < -0.4 is 11.1 Å². The summed E-state index contributed by atoms with van der Waals surface area (Å²) in [5.74, 6) is 0.0607. The van der Waals surface area contributed by atoms with Gasteiger partial charge in [0, 0.05) is 25.6 Å². The van der Waals surface area contributed by atoms with E-state index in [0.717, 1.165) is 25.0 Å². The third-order valence-electron chi connectivity index (χ3n) is 3.71. The SMILES string of the molecule is NC(CCC(=O)NCC1CCCCO1)c1ccccc1. The molecule has 0 bridgehead atoms. The second-order valence-corrected chi connectivity index (χ2v) is 5.35. The van der Waals surface area contributed by atoms with Crippen LogP contribution in [0.3, 0.4) is 0 Å². The predicted molar refractivity (Wildman–Crippen MR) is 79.2 cm³/mol. The van der Waals surface area contributed by atoms with Crippen LogP contribution in [0.15, 0.2) is 30.3 Å². The predicted octanol–water partition coefficient (Wildman–Crippen LogP) is 2.15. The van der Waals surface area contributed by atoms with E-state index in [1.54, 1.807) is 0 Å². The zero-order valence-electron chi connectivity index (χ0n) is 11.9. The quantitative estimate of drug-likeness (QED) is 0.836. The number of carbonyl (C=O) groups is 1. The van der Waals surface area contributed by atoms with E-state index >= 15 is 0 Å². The molecule has 4 nitrogen and oxygen atoms in total. The lowest BCUT2D eigenvalue weighted by Gasteiger charge is -2.22. The van der Waals surface area contributed by atoms with Gasteiger partial charge in [-0.1, -0.05) is 30.3 Å². The zero-order chi connectivity index (χ0) is 14.2. The molecule has 1 aromatic carbocycles. The van der Waals surface area contributed by atoms with E-state index in [0.29, 0.717) is 19.4 Å². The van der Waals surface area contributed by atoms with Crippen molar-refractivity contribution in [2.24, 2.45) is 5.73 Å². The van der Waals surface area contributed by atoms with E-state index in [-0.39, 0.29) is 18.1 Å². The van der Waals surface area contributed by atoms with Gasteiger partial charge in [0.05, 0.1) is 6.10 Å². The van der Waals surface area contributed by atoms with Gasteiger partial charge in [-0.15, -0.1) is 0 Å². The third kappa shape index (κ3) is 4.94. The molecule has 2 unspecified atom stereocenters. The van der Waals surface area contributed by atoms with Crippen LogP contribution in [0.2, 0.25) is 0 Å². The minimum absolute atomic E-state index is 0.0607. The van der Waals surface area contributed by atoms with Crippen molar-refractivity contribution < 1.29 is 9.53 Å². The highest BCUT2D eigenvalue weighted by atomic mass is 16.5. The molecule has 0 aliphatic carbocycles. The standard InChI is InChI=1S/C16H24N2O2/c17-15(13-6-2-1-3-7-13)9-10-16(19)18-12-14-8-4-5-11-20-14/h1-3,6-7,14-15H,4-5,8-12,17H2,(H,18,19). The molecule has 0 aromatic heterocycles. The summed E-state index contributed by atoms with van der Waals surface area (Å²) in [6.07, 6.45) is 4.69. The molecule has 0 radical (unpaired) electrons. The minimum atomic E-state index is -0.0760. The molecular weight excluding hydrogens is 252 g/mol. The number of carbonyl (C=O) groups excluding carboxylic acids is 1. The van der Waals surface area contributed by atoms with Crippen LogP contribution in [0.25, 0.3) is 0 Å². The van der Waals surface area contributed by atoms with Gasteiger partial charge in [-0.3, -0.25) is 4.79 Å². The maximum absolute atomic E-state index is 11.8. The molecule has 2 rings (SSSR count). The van der Waals surface area contributed by atoms with Gasteiger partial charge in [0.1, 0.15) is 0 Å². The van der Waals surface area contributed by atoms with Gasteiger partial charge in [-0.2, -0.15) is 0 Å². The number of benzene rings is 1. The molecule has 1 aliphatic rings. The number of ether oxygens (including phenoxy) is 1. The van der Waals surface area contributed by atoms with E-state index in [1.807, 2.05) is 30.3 Å². The van der Waals surface area contributed by atoms with Crippen molar-refractivity contribution in [2.75, 3.05) is 13.2 Å². The van der Waals surface area contributed by atoms with Crippen LogP contribution in [0.5, 0.6) is 0 Å². The van der Waals surface area contributed by atoms with E-state index < -0.39 is 0 Å². The van der Waals surface area contributed by atoms with E-state index in [4.69, 9.17) is 10.5 Å². The lowest BCUT2D eigenvalue weighted by atomic mass is 10.0. The fourth-order valence-electron chi connectivity index (χ4n) is 2.44. The van der Waals surface area contributed by atoms with E-state index in [9.17, 15) is 4.79 Å². The summed E-state index contributed by atoms with van der Waals surface area (Å²) in [4.78, 5) is 11.8. The molecule has 0 saturated carbocycles. The Bertz CT molecular complexity index is 402. The molecule has 1 aromatic rings. The van der Waals surface area contributed by atoms with Gasteiger partial charge < -0.3 is 15.8 Å². The highest BCUT2D eigenvalue weighted by Gasteiger charge is 2.15. The average molecular weight is 276 g/mol. The minimum Gasteiger partial charge on any atom is -0.376 e. The number of rotatable bonds is 6. The summed E-state index contributed by atoms with van der Waals surface area (Å²) >= 11 is 0. The zero-order valence-corrected chi connectivity index (χ0v) is 11.9. The molecular formula is C16H24N2O2.